The average molecular weight is 304 g/mol. The van der Waals surface area contributed by atoms with Crippen LogP contribution in [-0.2, 0) is 0 Å². The molecule has 6 heteroatoms. The van der Waals surface area contributed by atoms with Gasteiger partial charge >= 0.3 is 0 Å². The second-order valence-corrected chi connectivity index (χ2v) is 6.92. The topological polar surface area (TPSA) is 62.5 Å². The van der Waals surface area contributed by atoms with Crippen LogP contribution in [0.3, 0.4) is 0 Å². The third-order valence-corrected chi connectivity index (χ3v) is 4.94. The molecule has 1 saturated heterocycles. The number of rotatable bonds is 4. The number of fused-ring (bicyclic) bond motifs is 1. The Kier molecular flexibility index (Phi) is 3.82. The largest absolute Gasteiger partial charge is 0.366 e. The van der Waals surface area contributed by atoms with Crippen molar-refractivity contribution in [1.29, 1.82) is 0 Å². The molecule has 1 aromatic carbocycles. The van der Waals surface area contributed by atoms with E-state index in [-0.39, 0.29) is 0 Å². The lowest BCUT2D eigenvalue weighted by atomic mass is 10.1. The molecule has 2 aromatic rings. The van der Waals surface area contributed by atoms with Gasteiger partial charge in [-0.25, -0.2) is 4.98 Å². The van der Waals surface area contributed by atoms with Gasteiger partial charge in [-0.15, -0.1) is 0 Å². The van der Waals surface area contributed by atoms with Crippen LogP contribution in [0.2, 0.25) is 0 Å². The highest BCUT2D eigenvalue weighted by atomic mass is 32.1. The SMILES string of the molecule is CN(C)CC1CCN(c2nc3cc(C(N)=O)ccc3s2)C1. The molecule has 112 valence electrons. The van der Waals surface area contributed by atoms with Gasteiger partial charge in [0.05, 0.1) is 10.2 Å². The first-order valence-electron chi connectivity index (χ1n) is 7.13. The Morgan fingerprint density at radius 3 is 3.05 bits per heavy atom. The van der Waals surface area contributed by atoms with Gasteiger partial charge in [-0.3, -0.25) is 4.79 Å². The van der Waals surface area contributed by atoms with E-state index in [2.05, 4.69) is 28.9 Å². The molecule has 0 bridgehead atoms. The predicted molar refractivity (Wildman–Crippen MR) is 87.0 cm³/mol. The third kappa shape index (κ3) is 3.01. The van der Waals surface area contributed by atoms with E-state index in [0.717, 1.165) is 35.0 Å². The molecular formula is C15H20N4OS. The number of anilines is 1. The highest BCUT2D eigenvalue weighted by Gasteiger charge is 2.25. The molecule has 0 saturated carbocycles. The summed E-state index contributed by atoms with van der Waals surface area (Å²) in [6.07, 6.45) is 1.21. The summed E-state index contributed by atoms with van der Waals surface area (Å²) < 4.78 is 1.10. The predicted octanol–water partition coefficient (Wildman–Crippen LogP) is 1.78. The molecule has 0 spiro atoms. The summed E-state index contributed by atoms with van der Waals surface area (Å²) in [5, 5.41) is 1.05. The Labute approximate surface area is 128 Å². The minimum atomic E-state index is -0.404. The van der Waals surface area contributed by atoms with Gasteiger partial charge in [0.15, 0.2) is 5.13 Å². The van der Waals surface area contributed by atoms with Crippen molar-refractivity contribution in [3.05, 3.63) is 23.8 Å². The first-order chi connectivity index (χ1) is 10.0. The Morgan fingerprint density at radius 2 is 2.33 bits per heavy atom. The van der Waals surface area contributed by atoms with Gasteiger partial charge in [-0.05, 0) is 44.6 Å². The molecule has 2 heterocycles. The van der Waals surface area contributed by atoms with E-state index in [1.54, 1.807) is 23.5 Å². The summed E-state index contributed by atoms with van der Waals surface area (Å²) in [6.45, 7) is 3.23. The van der Waals surface area contributed by atoms with E-state index in [0.29, 0.717) is 11.5 Å². The van der Waals surface area contributed by atoms with Crippen molar-refractivity contribution in [1.82, 2.24) is 9.88 Å². The molecule has 1 atom stereocenters. The summed E-state index contributed by atoms with van der Waals surface area (Å²) in [5.41, 5.74) is 6.70. The zero-order chi connectivity index (χ0) is 15.0. The van der Waals surface area contributed by atoms with Crippen LogP contribution in [-0.4, -0.2) is 49.5 Å². The summed E-state index contributed by atoms with van der Waals surface area (Å²) in [6, 6.07) is 5.49. The Morgan fingerprint density at radius 1 is 1.52 bits per heavy atom. The van der Waals surface area contributed by atoms with Crippen molar-refractivity contribution in [2.24, 2.45) is 11.7 Å². The van der Waals surface area contributed by atoms with Crippen LogP contribution in [0.15, 0.2) is 18.2 Å². The lowest BCUT2D eigenvalue weighted by Crippen LogP contribution is -2.25. The van der Waals surface area contributed by atoms with Crippen molar-refractivity contribution in [3.8, 4) is 0 Å². The van der Waals surface area contributed by atoms with Crippen LogP contribution in [0.25, 0.3) is 10.2 Å². The van der Waals surface area contributed by atoms with E-state index in [4.69, 9.17) is 5.73 Å². The normalized spacial score (nSPS) is 18.8. The molecule has 3 rings (SSSR count). The second-order valence-electron chi connectivity index (χ2n) is 5.91. The van der Waals surface area contributed by atoms with Gasteiger partial charge in [0.25, 0.3) is 0 Å². The first-order valence-corrected chi connectivity index (χ1v) is 7.94. The minimum absolute atomic E-state index is 0.404. The number of hydrogen-bond donors (Lipinski definition) is 1. The Balaban J connectivity index is 1.80. The van der Waals surface area contributed by atoms with Crippen molar-refractivity contribution >= 4 is 32.6 Å². The molecule has 1 unspecified atom stereocenters. The summed E-state index contributed by atoms with van der Waals surface area (Å²) in [5.74, 6) is 0.298. The van der Waals surface area contributed by atoms with Gasteiger partial charge in [0, 0.05) is 25.2 Å². The number of carbonyl (C=O) groups is 1. The van der Waals surface area contributed by atoms with Crippen molar-refractivity contribution < 1.29 is 4.79 Å². The number of benzene rings is 1. The zero-order valence-corrected chi connectivity index (χ0v) is 13.2. The van der Waals surface area contributed by atoms with Crippen molar-refractivity contribution in [2.75, 3.05) is 38.6 Å². The number of primary amides is 1. The van der Waals surface area contributed by atoms with Crippen LogP contribution in [0, 0.1) is 5.92 Å². The molecule has 1 aliphatic heterocycles. The van der Waals surface area contributed by atoms with E-state index < -0.39 is 5.91 Å². The molecule has 2 N–H and O–H groups in total. The lowest BCUT2D eigenvalue weighted by Gasteiger charge is -2.17. The molecule has 1 aromatic heterocycles. The number of carbonyl (C=O) groups excluding carboxylic acids is 1. The fourth-order valence-electron chi connectivity index (χ4n) is 2.88. The molecule has 21 heavy (non-hydrogen) atoms. The molecule has 0 radical (unpaired) electrons. The Hall–Kier alpha value is -1.66. The minimum Gasteiger partial charge on any atom is -0.366 e. The van der Waals surface area contributed by atoms with Gasteiger partial charge in [-0.1, -0.05) is 11.3 Å². The number of hydrogen-bond acceptors (Lipinski definition) is 5. The van der Waals surface area contributed by atoms with Crippen LogP contribution in [0.4, 0.5) is 5.13 Å². The standard InChI is InChI=1S/C15H20N4OS/c1-18(2)8-10-5-6-19(9-10)15-17-12-7-11(14(16)20)3-4-13(12)21-15/h3-4,7,10H,5-6,8-9H2,1-2H3,(H2,16,20). The molecule has 5 nitrogen and oxygen atoms in total. The summed E-state index contributed by atoms with van der Waals surface area (Å²) in [7, 11) is 4.23. The average Bonchev–Trinajstić information content (AvgIpc) is 3.02. The first kappa shape index (κ1) is 14.3. The van der Waals surface area contributed by atoms with Crippen LogP contribution < -0.4 is 10.6 Å². The molecule has 1 amide bonds. The molecular weight excluding hydrogens is 284 g/mol. The fourth-order valence-corrected chi connectivity index (χ4v) is 3.86. The number of thiazole rings is 1. The molecule has 0 aliphatic carbocycles. The summed E-state index contributed by atoms with van der Waals surface area (Å²) in [4.78, 5) is 20.5. The number of nitrogens with zero attached hydrogens (tertiary/aromatic N) is 3. The number of aromatic nitrogens is 1. The van der Waals surface area contributed by atoms with Crippen LogP contribution in [0.1, 0.15) is 16.8 Å². The van der Waals surface area contributed by atoms with E-state index in [1.165, 1.54) is 6.42 Å². The summed E-state index contributed by atoms with van der Waals surface area (Å²) >= 11 is 1.68. The monoisotopic (exact) mass is 304 g/mol. The fraction of sp³-hybridized carbons (Fsp3) is 0.467. The second kappa shape index (κ2) is 5.61. The van der Waals surface area contributed by atoms with Gasteiger partial charge in [0.2, 0.25) is 5.91 Å². The van der Waals surface area contributed by atoms with E-state index in [9.17, 15) is 4.79 Å². The van der Waals surface area contributed by atoms with E-state index >= 15 is 0 Å². The van der Waals surface area contributed by atoms with Gasteiger partial charge < -0.3 is 15.5 Å². The highest BCUT2D eigenvalue weighted by Crippen LogP contribution is 2.32. The smallest absolute Gasteiger partial charge is 0.248 e. The van der Waals surface area contributed by atoms with Crippen LogP contribution in [0.5, 0.6) is 0 Å². The number of nitrogens with two attached hydrogens (primary N) is 1. The number of amides is 1. The lowest BCUT2D eigenvalue weighted by molar-refractivity contribution is 0.100. The van der Waals surface area contributed by atoms with Gasteiger partial charge in [-0.2, -0.15) is 0 Å². The molecule has 1 fully saturated rings. The highest BCUT2D eigenvalue weighted by molar-refractivity contribution is 7.22. The maximum Gasteiger partial charge on any atom is 0.248 e. The quantitative estimate of drug-likeness (QED) is 0.935. The van der Waals surface area contributed by atoms with Crippen molar-refractivity contribution in [3.63, 3.8) is 0 Å². The van der Waals surface area contributed by atoms with E-state index in [1.807, 2.05) is 6.07 Å². The van der Waals surface area contributed by atoms with Gasteiger partial charge in [0.1, 0.15) is 0 Å². The zero-order valence-electron chi connectivity index (χ0n) is 12.4. The maximum absolute atomic E-state index is 11.2. The molecule has 1 aliphatic rings. The Bertz CT molecular complexity index is 667. The third-order valence-electron chi connectivity index (χ3n) is 3.84. The van der Waals surface area contributed by atoms with Crippen LogP contribution >= 0.6 is 11.3 Å². The maximum atomic E-state index is 11.2. The van der Waals surface area contributed by atoms with Crippen molar-refractivity contribution in [2.45, 2.75) is 6.42 Å².